The number of hydrogen-bond acceptors (Lipinski definition) is 3. The molecule has 0 amide bonds. The van der Waals surface area contributed by atoms with Gasteiger partial charge in [0.1, 0.15) is 0 Å². The van der Waals surface area contributed by atoms with Crippen LogP contribution < -0.4 is 5.32 Å². The molecule has 0 bridgehead atoms. The zero-order valence-electron chi connectivity index (χ0n) is 8.01. The van der Waals surface area contributed by atoms with E-state index in [1.807, 2.05) is 13.8 Å². The first-order valence-corrected chi connectivity index (χ1v) is 4.85. The van der Waals surface area contributed by atoms with Crippen molar-refractivity contribution in [1.29, 1.82) is 0 Å². The third kappa shape index (κ3) is 2.73. The van der Waals surface area contributed by atoms with Crippen LogP contribution in [0, 0.1) is 0 Å². The van der Waals surface area contributed by atoms with Crippen molar-refractivity contribution in [3.05, 3.63) is 0 Å². The molecule has 3 heteroatoms. The molecule has 72 valence electrons. The molecule has 1 atom stereocenters. The lowest BCUT2D eigenvalue weighted by molar-refractivity contribution is -0.151. The molecule has 1 aliphatic rings. The van der Waals surface area contributed by atoms with Gasteiger partial charge in [0.25, 0.3) is 0 Å². The summed E-state index contributed by atoms with van der Waals surface area (Å²) >= 11 is 0. The van der Waals surface area contributed by atoms with E-state index in [0.717, 1.165) is 19.8 Å². The molecule has 0 aromatic rings. The molecule has 0 aromatic heterocycles. The van der Waals surface area contributed by atoms with Crippen molar-refractivity contribution in [2.24, 2.45) is 0 Å². The normalized spacial score (nSPS) is 23.8. The molecule has 1 saturated heterocycles. The molecule has 1 fully saturated rings. The molecule has 0 aromatic carbocycles. The SMILES string of the molecule is CCOC(OCC)C1CCCN1. The van der Waals surface area contributed by atoms with Crippen LogP contribution in [0.5, 0.6) is 0 Å². The van der Waals surface area contributed by atoms with Gasteiger partial charge in [0.2, 0.25) is 0 Å². The number of nitrogens with one attached hydrogen (secondary N) is 1. The maximum absolute atomic E-state index is 5.48. The smallest absolute Gasteiger partial charge is 0.172 e. The maximum atomic E-state index is 5.48. The molecule has 1 heterocycles. The third-order valence-electron chi connectivity index (χ3n) is 2.09. The molecule has 0 aliphatic carbocycles. The Labute approximate surface area is 74.4 Å². The summed E-state index contributed by atoms with van der Waals surface area (Å²) in [5, 5.41) is 3.38. The van der Waals surface area contributed by atoms with Crippen LogP contribution in [0.25, 0.3) is 0 Å². The quantitative estimate of drug-likeness (QED) is 0.632. The van der Waals surface area contributed by atoms with Crippen LogP contribution in [-0.2, 0) is 9.47 Å². The van der Waals surface area contributed by atoms with Gasteiger partial charge in [0, 0.05) is 13.2 Å². The second-order valence-corrected chi connectivity index (χ2v) is 2.98. The largest absolute Gasteiger partial charge is 0.351 e. The van der Waals surface area contributed by atoms with Gasteiger partial charge < -0.3 is 14.8 Å². The summed E-state index contributed by atoms with van der Waals surface area (Å²) in [5.74, 6) is 0. The zero-order valence-corrected chi connectivity index (χ0v) is 8.01. The predicted molar refractivity (Wildman–Crippen MR) is 48.1 cm³/mol. The highest BCUT2D eigenvalue weighted by Gasteiger charge is 2.24. The van der Waals surface area contributed by atoms with Crippen molar-refractivity contribution in [2.75, 3.05) is 19.8 Å². The molecule has 1 aliphatic heterocycles. The fourth-order valence-electron chi connectivity index (χ4n) is 1.55. The van der Waals surface area contributed by atoms with E-state index < -0.39 is 0 Å². The zero-order chi connectivity index (χ0) is 8.81. The van der Waals surface area contributed by atoms with E-state index in [0.29, 0.717) is 6.04 Å². The van der Waals surface area contributed by atoms with Gasteiger partial charge in [-0.3, -0.25) is 0 Å². The van der Waals surface area contributed by atoms with Gasteiger partial charge >= 0.3 is 0 Å². The average Bonchev–Trinajstić information content (AvgIpc) is 2.56. The molecule has 0 saturated carbocycles. The minimum absolute atomic E-state index is 0.0394. The van der Waals surface area contributed by atoms with Crippen molar-refractivity contribution in [2.45, 2.75) is 39.0 Å². The topological polar surface area (TPSA) is 30.5 Å². The van der Waals surface area contributed by atoms with Crippen LogP contribution in [0.1, 0.15) is 26.7 Å². The fourth-order valence-corrected chi connectivity index (χ4v) is 1.55. The van der Waals surface area contributed by atoms with Crippen LogP contribution in [0.15, 0.2) is 0 Å². The van der Waals surface area contributed by atoms with Gasteiger partial charge in [-0.1, -0.05) is 0 Å². The van der Waals surface area contributed by atoms with Crippen LogP contribution in [-0.4, -0.2) is 32.1 Å². The predicted octanol–water partition coefficient (Wildman–Crippen LogP) is 1.14. The summed E-state index contributed by atoms with van der Waals surface area (Å²) in [4.78, 5) is 0. The number of rotatable bonds is 5. The third-order valence-corrected chi connectivity index (χ3v) is 2.09. The molecule has 1 rings (SSSR count). The average molecular weight is 173 g/mol. The first-order valence-electron chi connectivity index (χ1n) is 4.85. The monoisotopic (exact) mass is 173 g/mol. The lowest BCUT2D eigenvalue weighted by atomic mass is 10.2. The van der Waals surface area contributed by atoms with Crippen LogP contribution in [0.2, 0.25) is 0 Å². The molecular formula is C9H19NO2. The van der Waals surface area contributed by atoms with Crippen molar-refractivity contribution >= 4 is 0 Å². The summed E-state index contributed by atoms with van der Waals surface area (Å²) in [6.07, 6.45) is 2.37. The second-order valence-electron chi connectivity index (χ2n) is 2.98. The molecule has 0 radical (unpaired) electrons. The Balaban J connectivity index is 2.29. The summed E-state index contributed by atoms with van der Waals surface area (Å²) < 4.78 is 11.0. The van der Waals surface area contributed by atoms with Gasteiger partial charge in [0.05, 0.1) is 6.04 Å². The van der Waals surface area contributed by atoms with Gasteiger partial charge in [-0.05, 0) is 33.2 Å². The summed E-state index contributed by atoms with van der Waals surface area (Å²) in [7, 11) is 0. The van der Waals surface area contributed by atoms with Gasteiger partial charge in [-0.2, -0.15) is 0 Å². The Morgan fingerprint density at radius 2 is 2.00 bits per heavy atom. The lowest BCUT2D eigenvalue weighted by Crippen LogP contribution is -2.38. The van der Waals surface area contributed by atoms with E-state index in [4.69, 9.17) is 9.47 Å². The van der Waals surface area contributed by atoms with E-state index in [1.54, 1.807) is 0 Å². The van der Waals surface area contributed by atoms with Crippen LogP contribution >= 0.6 is 0 Å². The van der Waals surface area contributed by atoms with Crippen molar-refractivity contribution in [3.8, 4) is 0 Å². The minimum atomic E-state index is -0.0394. The van der Waals surface area contributed by atoms with E-state index in [1.165, 1.54) is 12.8 Å². The van der Waals surface area contributed by atoms with E-state index in [-0.39, 0.29) is 6.29 Å². The highest BCUT2D eigenvalue weighted by molar-refractivity contribution is 4.77. The van der Waals surface area contributed by atoms with Crippen LogP contribution in [0.3, 0.4) is 0 Å². The van der Waals surface area contributed by atoms with Gasteiger partial charge in [-0.25, -0.2) is 0 Å². The Bertz CT molecular complexity index is 107. The number of ether oxygens (including phenoxy) is 2. The standard InChI is InChI=1S/C9H19NO2/c1-3-11-9(12-4-2)8-6-5-7-10-8/h8-10H,3-7H2,1-2H3. The minimum Gasteiger partial charge on any atom is -0.351 e. The Kier molecular flexibility index (Phi) is 4.58. The molecule has 12 heavy (non-hydrogen) atoms. The van der Waals surface area contributed by atoms with Crippen molar-refractivity contribution in [1.82, 2.24) is 5.32 Å². The van der Waals surface area contributed by atoms with E-state index in [9.17, 15) is 0 Å². The first kappa shape index (κ1) is 9.96. The summed E-state index contributed by atoms with van der Waals surface area (Å²) in [6, 6.07) is 0.407. The van der Waals surface area contributed by atoms with Gasteiger partial charge in [-0.15, -0.1) is 0 Å². The van der Waals surface area contributed by atoms with E-state index in [2.05, 4.69) is 5.32 Å². The maximum Gasteiger partial charge on any atom is 0.172 e. The van der Waals surface area contributed by atoms with Crippen molar-refractivity contribution < 1.29 is 9.47 Å². The molecule has 0 spiro atoms. The summed E-state index contributed by atoms with van der Waals surface area (Å²) in [6.45, 7) is 6.55. The lowest BCUT2D eigenvalue weighted by Gasteiger charge is -2.22. The Morgan fingerprint density at radius 3 is 2.42 bits per heavy atom. The summed E-state index contributed by atoms with van der Waals surface area (Å²) in [5.41, 5.74) is 0. The Hall–Kier alpha value is -0.120. The van der Waals surface area contributed by atoms with Gasteiger partial charge in [0.15, 0.2) is 6.29 Å². The molecular weight excluding hydrogens is 154 g/mol. The second kappa shape index (κ2) is 5.51. The first-order chi connectivity index (χ1) is 5.88. The van der Waals surface area contributed by atoms with Crippen LogP contribution in [0.4, 0.5) is 0 Å². The molecule has 1 unspecified atom stereocenters. The van der Waals surface area contributed by atoms with E-state index >= 15 is 0 Å². The Morgan fingerprint density at radius 1 is 1.33 bits per heavy atom. The fraction of sp³-hybridized carbons (Fsp3) is 1.00. The number of hydrogen-bond donors (Lipinski definition) is 1. The highest BCUT2D eigenvalue weighted by atomic mass is 16.7. The van der Waals surface area contributed by atoms with Crippen molar-refractivity contribution in [3.63, 3.8) is 0 Å². The highest BCUT2D eigenvalue weighted by Crippen LogP contribution is 2.12. The molecule has 1 N–H and O–H groups in total. The molecule has 3 nitrogen and oxygen atoms in total.